The minimum atomic E-state index is -0.953. The minimum Gasteiger partial charge on any atom is -0.595 e. The molecule has 128 valence electrons. The average molecular weight is 357 g/mol. The van der Waals surface area contributed by atoms with Gasteiger partial charge < -0.3 is 15.4 Å². The maximum atomic E-state index is 11.0. The highest BCUT2D eigenvalue weighted by molar-refractivity contribution is 7.99. The van der Waals surface area contributed by atoms with Gasteiger partial charge in [0.2, 0.25) is 5.16 Å². The van der Waals surface area contributed by atoms with Crippen molar-refractivity contribution >= 4 is 17.4 Å². The molecular weight excluding hydrogens is 342 g/mol. The van der Waals surface area contributed by atoms with Crippen LogP contribution in [0.3, 0.4) is 0 Å². The molecule has 3 aromatic rings. The van der Waals surface area contributed by atoms with Crippen LogP contribution in [0.1, 0.15) is 10.9 Å². The fourth-order valence-corrected chi connectivity index (χ4v) is 3.58. The lowest BCUT2D eigenvalue weighted by atomic mass is 10.2. The smallest absolute Gasteiger partial charge is 0.212 e. The second-order valence-electron chi connectivity index (χ2n) is 5.42. The van der Waals surface area contributed by atoms with Crippen molar-refractivity contribution in [3.63, 3.8) is 0 Å². The highest BCUT2D eigenvalue weighted by atomic mass is 32.2. The Labute approximate surface area is 147 Å². The molecular formula is C16H15N5O3S. The number of nitrogens with one attached hydrogen (secondary N) is 2. The first-order valence-electron chi connectivity index (χ1n) is 7.52. The van der Waals surface area contributed by atoms with Crippen LogP contribution in [-0.4, -0.2) is 27.2 Å². The summed E-state index contributed by atoms with van der Waals surface area (Å²) in [6.07, 6.45) is 0. The van der Waals surface area contributed by atoms with E-state index >= 15 is 0 Å². The standard InChI is InChI=1S/C16H15N5O3S/c1-24-13-8-4-11(5-9-13)15-19-20-14(17-18-16(20)25-15)10-2-6-12(7-3-10)21(22)23/h2-9,15,19,21-22H,1H3/t15-/m1/s1. The van der Waals surface area contributed by atoms with Gasteiger partial charge in [0.1, 0.15) is 11.1 Å². The van der Waals surface area contributed by atoms with Crippen molar-refractivity contribution in [1.82, 2.24) is 14.9 Å². The molecule has 1 unspecified atom stereocenters. The molecule has 9 heteroatoms. The first kappa shape index (κ1) is 15.9. The molecule has 2 aromatic carbocycles. The number of quaternary nitrogens is 1. The van der Waals surface area contributed by atoms with Gasteiger partial charge in [-0.2, -0.15) is 5.23 Å². The summed E-state index contributed by atoms with van der Waals surface area (Å²) in [5.41, 5.74) is 5.51. The number of ether oxygens (including phenoxy) is 1. The van der Waals surface area contributed by atoms with E-state index < -0.39 is 5.23 Å². The molecule has 0 bridgehead atoms. The van der Waals surface area contributed by atoms with E-state index in [1.165, 1.54) is 0 Å². The molecule has 0 aliphatic carbocycles. The number of fused-ring (bicyclic) bond motifs is 1. The van der Waals surface area contributed by atoms with E-state index in [9.17, 15) is 5.21 Å². The molecule has 0 fully saturated rings. The normalized spacial score (nSPS) is 17.0. The minimum absolute atomic E-state index is 0.0217. The summed E-state index contributed by atoms with van der Waals surface area (Å²) >= 11 is 1.57. The van der Waals surface area contributed by atoms with Crippen LogP contribution in [0.4, 0.5) is 5.69 Å². The molecule has 3 N–H and O–H groups in total. The Morgan fingerprint density at radius 2 is 1.88 bits per heavy atom. The van der Waals surface area contributed by atoms with Gasteiger partial charge in [0.15, 0.2) is 11.5 Å². The van der Waals surface area contributed by atoms with E-state index in [4.69, 9.17) is 9.94 Å². The maximum Gasteiger partial charge on any atom is 0.212 e. The average Bonchev–Trinajstić information content (AvgIpc) is 3.22. The maximum absolute atomic E-state index is 11.0. The van der Waals surface area contributed by atoms with Gasteiger partial charge in [-0.1, -0.05) is 23.9 Å². The van der Waals surface area contributed by atoms with E-state index in [0.717, 1.165) is 22.0 Å². The summed E-state index contributed by atoms with van der Waals surface area (Å²) < 4.78 is 7.01. The predicted molar refractivity (Wildman–Crippen MR) is 92.2 cm³/mol. The van der Waals surface area contributed by atoms with Crippen LogP contribution >= 0.6 is 11.8 Å². The molecule has 4 rings (SSSR count). The lowest BCUT2D eigenvalue weighted by Crippen LogP contribution is -2.99. The van der Waals surface area contributed by atoms with Crippen molar-refractivity contribution in [2.45, 2.75) is 10.5 Å². The third-order valence-electron chi connectivity index (χ3n) is 3.91. The molecule has 1 aliphatic rings. The van der Waals surface area contributed by atoms with Gasteiger partial charge in [-0.3, -0.25) is 0 Å². The Morgan fingerprint density at radius 1 is 1.16 bits per heavy atom. The topological polar surface area (TPSA) is 99.7 Å². The van der Waals surface area contributed by atoms with Gasteiger partial charge in [-0.05, 0) is 29.8 Å². The Hall–Kier alpha value is -2.59. The molecule has 0 amide bonds. The van der Waals surface area contributed by atoms with Gasteiger partial charge in [-0.15, -0.1) is 10.2 Å². The zero-order valence-corrected chi connectivity index (χ0v) is 14.0. The van der Waals surface area contributed by atoms with Crippen molar-refractivity contribution in [2.75, 3.05) is 12.5 Å². The van der Waals surface area contributed by atoms with Crippen LogP contribution in [0, 0.1) is 5.21 Å². The van der Waals surface area contributed by atoms with Crippen molar-refractivity contribution < 1.29 is 15.2 Å². The number of aromatic nitrogens is 3. The Kier molecular flexibility index (Phi) is 4.06. The van der Waals surface area contributed by atoms with E-state index in [-0.39, 0.29) is 11.1 Å². The SMILES string of the molecule is COc1ccc([C@@H]2Nn3c(nnc3-c3ccc([NH+]([O-])O)cc3)S2)cc1. The predicted octanol–water partition coefficient (Wildman–Crippen LogP) is 1.71. The first-order chi connectivity index (χ1) is 12.2. The lowest BCUT2D eigenvalue weighted by Gasteiger charge is -2.13. The molecule has 8 nitrogen and oxygen atoms in total. The van der Waals surface area contributed by atoms with Crippen molar-refractivity contribution in [2.24, 2.45) is 0 Å². The second kappa shape index (κ2) is 6.37. The number of hydrogen-bond acceptors (Lipinski definition) is 7. The summed E-state index contributed by atoms with van der Waals surface area (Å²) in [7, 11) is 1.64. The zero-order valence-electron chi connectivity index (χ0n) is 13.2. The van der Waals surface area contributed by atoms with Crippen molar-refractivity contribution in [1.29, 1.82) is 0 Å². The third kappa shape index (κ3) is 2.94. The number of hydrogen-bond donors (Lipinski definition) is 3. The monoisotopic (exact) mass is 357 g/mol. The number of thioether (sulfide) groups is 1. The Bertz CT molecular complexity index is 880. The van der Waals surface area contributed by atoms with Crippen LogP contribution in [0.5, 0.6) is 5.75 Å². The Balaban J connectivity index is 1.58. The van der Waals surface area contributed by atoms with Crippen molar-refractivity contribution in [3.05, 3.63) is 59.3 Å². The van der Waals surface area contributed by atoms with E-state index in [1.54, 1.807) is 43.1 Å². The highest BCUT2D eigenvalue weighted by Crippen LogP contribution is 2.40. The van der Waals surface area contributed by atoms with Gasteiger partial charge in [-0.25, -0.2) is 9.88 Å². The van der Waals surface area contributed by atoms with Crippen LogP contribution in [0.25, 0.3) is 11.4 Å². The number of benzene rings is 2. The fraction of sp³-hybridized carbons (Fsp3) is 0.125. The summed E-state index contributed by atoms with van der Waals surface area (Å²) in [5.74, 6) is 1.46. The first-order valence-corrected chi connectivity index (χ1v) is 8.40. The quantitative estimate of drug-likeness (QED) is 0.611. The molecule has 1 aliphatic heterocycles. The summed E-state index contributed by atoms with van der Waals surface area (Å²) in [6.45, 7) is 0. The van der Waals surface area contributed by atoms with Gasteiger partial charge in [0, 0.05) is 17.7 Å². The van der Waals surface area contributed by atoms with Gasteiger partial charge in [0.05, 0.1) is 7.11 Å². The zero-order chi connectivity index (χ0) is 17.4. The highest BCUT2D eigenvalue weighted by Gasteiger charge is 2.28. The van der Waals surface area contributed by atoms with E-state index in [0.29, 0.717) is 5.82 Å². The van der Waals surface area contributed by atoms with E-state index in [2.05, 4.69) is 15.6 Å². The van der Waals surface area contributed by atoms with Crippen LogP contribution in [0.2, 0.25) is 0 Å². The fourth-order valence-electron chi connectivity index (χ4n) is 2.58. The van der Waals surface area contributed by atoms with Gasteiger partial charge >= 0.3 is 0 Å². The van der Waals surface area contributed by atoms with Crippen LogP contribution in [0.15, 0.2) is 53.7 Å². The van der Waals surface area contributed by atoms with Crippen LogP contribution < -0.4 is 15.4 Å². The second-order valence-corrected chi connectivity index (χ2v) is 6.50. The molecule has 0 spiro atoms. The summed E-state index contributed by atoms with van der Waals surface area (Å²) in [4.78, 5) is 0. The van der Waals surface area contributed by atoms with E-state index in [1.807, 2.05) is 28.9 Å². The third-order valence-corrected chi connectivity index (χ3v) is 5.00. The van der Waals surface area contributed by atoms with Crippen LogP contribution in [-0.2, 0) is 0 Å². The molecule has 0 saturated carbocycles. The van der Waals surface area contributed by atoms with Gasteiger partial charge in [0.25, 0.3) is 0 Å². The molecule has 2 atom stereocenters. The van der Waals surface area contributed by atoms with Crippen molar-refractivity contribution in [3.8, 4) is 17.1 Å². The Morgan fingerprint density at radius 3 is 2.52 bits per heavy atom. The molecule has 25 heavy (non-hydrogen) atoms. The number of nitrogens with zero attached hydrogens (tertiary/aromatic N) is 3. The molecule has 2 heterocycles. The summed E-state index contributed by atoms with van der Waals surface area (Å²) in [6, 6.07) is 14.4. The molecule has 1 aromatic heterocycles. The largest absolute Gasteiger partial charge is 0.595 e. The summed E-state index contributed by atoms with van der Waals surface area (Å²) in [5, 5.41) is 28.2. The number of methoxy groups -OCH3 is 1. The molecule has 0 radical (unpaired) electrons. The molecule has 0 saturated heterocycles. The number of rotatable bonds is 4. The lowest BCUT2D eigenvalue weighted by molar-refractivity contribution is -0.991.